The molecule has 1 aromatic rings. The van der Waals surface area contributed by atoms with E-state index in [0.29, 0.717) is 6.04 Å². The fraction of sp³-hybridized carbons (Fsp3) is 0.467. The van der Waals surface area contributed by atoms with E-state index in [4.69, 9.17) is 0 Å². The molecular weight excluding hydrogens is 286 g/mol. The molecule has 0 atom stereocenters. The zero-order chi connectivity index (χ0) is 15.2. The Labute approximate surface area is 129 Å². The maximum atomic E-state index is 12.0. The van der Waals surface area contributed by atoms with E-state index < -0.39 is 0 Å². The van der Waals surface area contributed by atoms with Crippen molar-refractivity contribution in [1.82, 2.24) is 10.2 Å². The van der Waals surface area contributed by atoms with Gasteiger partial charge in [-0.1, -0.05) is 12.1 Å². The molecule has 6 heteroatoms. The molecule has 2 N–H and O–H groups in total. The van der Waals surface area contributed by atoms with Crippen molar-refractivity contribution in [2.75, 3.05) is 31.7 Å². The SMILES string of the molecule is CSc1ccccc1NC(=O)CN(C)CC(=O)NC1CC1. The predicted molar refractivity (Wildman–Crippen MR) is 85.5 cm³/mol. The molecule has 5 nitrogen and oxygen atoms in total. The second kappa shape index (κ2) is 7.47. The highest BCUT2D eigenvalue weighted by atomic mass is 32.2. The number of rotatable bonds is 7. The lowest BCUT2D eigenvalue weighted by Crippen LogP contribution is -2.39. The molecule has 1 fully saturated rings. The molecule has 114 valence electrons. The number of carbonyl (C=O) groups is 2. The van der Waals surface area contributed by atoms with Crippen LogP contribution in [0.15, 0.2) is 29.2 Å². The Morgan fingerprint density at radius 3 is 2.57 bits per heavy atom. The number of nitrogens with zero attached hydrogens (tertiary/aromatic N) is 1. The summed E-state index contributed by atoms with van der Waals surface area (Å²) in [4.78, 5) is 26.4. The van der Waals surface area contributed by atoms with Gasteiger partial charge in [0.2, 0.25) is 11.8 Å². The molecule has 1 aromatic carbocycles. The lowest BCUT2D eigenvalue weighted by atomic mass is 10.3. The molecule has 21 heavy (non-hydrogen) atoms. The van der Waals surface area contributed by atoms with Gasteiger partial charge in [-0.25, -0.2) is 0 Å². The van der Waals surface area contributed by atoms with Gasteiger partial charge >= 0.3 is 0 Å². The fourth-order valence-electron chi connectivity index (χ4n) is 1.98. The van der Waals surface area contributed by atoms with Gasteiger partial charge in [0.15, 0.2) is 0 Å². The lowest BCUT2D eigenvalue weighted by Gasteiger charge is -2.16. The summed E-state index contributed by atoms with van der Waals surface area (Å²) in [6.45, 7) is 0.439. The van der Waals surface area contributed by atoms with E-state index in [1.54, 1.807) is 23.7 Å². The van der Waals surface area contributed by atoms with Crippen molar-refractivity contribution in [3.63, 3.8) is 0 Å². The number of thioether (sulfide) groups is 1. The minimum absolute atomic E-state index is 0.0164. The third kappa shape index (κ3) is 5.40. The lowest BCUT2D eigenvalue weighted by molar-refractivity contribution is -0.123. The number of likely N-dealkylation sites (N-methyl/N-ethyl adjacent to an activating group) is 1. The predicted octanol–water partition coefficient (Wildman–Crippen LogP) is 1.56. The molecular formula is C15H21N3O2S. The van der Waals surface area contributed by atoms with Crippen LogP contribution in [-0.2, 0) is 9.59 Å². The van der Waals surface area contributed by atoms with Crippen molar-refractivity contribution in [1.29, 1.82) is 0 Å². The average molecular weight is 307 g/mol. The number of benzene rings is 1. The van der Waals surface area contributed by atoms with Gasteiger partial charge < -0.3 is 10.6 Å². The average Bonchev–Trinajstić information content (AvgIpc) is 3.22. The first-order chi connectivity index (χ1) is 10.1. The van der Waals surface area contributed by atoms with Gasteiger partial charge in [-0.2, -0.15) is 0 Å². The Hall–Kier alpha value is -1.53. The number of nitrogens with one attached hydrogen (secondary N) is 2. The summed E-state index contributed by atoms with van der Waals surface area (Å²) in [5.41, 5.74) is 0.811. The molecule has 0 bridgehead atoms. The van der Waals surface area contributed by atoms with Gasteiger partial charge in [-0.05, 0) is 38.3 Å². The third-order valence-corrected chi connectivity index (χ3v) is 3.95. The van der Waals surface area contributed by atoms with Crippen molar-refractivity contribution >= 4 is 29.3 Å². The Balaban J connectivity index is 1.78. The summed E-state index contributed by atoms with van der Waals surface area (Å²) >= 11 is 1.59. The molecule has 0 aromatic heterocycles. The van der Waals surface area contributed by atoms with Crippen molar-refractivity contribution in [2.24, 2.45) is 0 Å². The molecule has 1 aliphatic carbocycles. The maximum Gasteiger partial charge on any atom is 0.238 e. The van der Waals surface area contributed by atoms with Gasteiger partial charge in [0.05, 0.1) is 18.8 Å². The van der Waals surface area contributed by atoms with E-state index in [9.17, 15) is 9.59 Å². The van der Waals surface area contributed by atoms with Crippen LogP contribution < -0.4 is 10.6 Å². The van der Waals surface area contributed by atoms with Crippen LogP contribution in [0.4, 0.5) is 5.69 Å². The normalized spacial score (nSPS) is 14.0. The highest BCUT2D eigenvalue weighted by Gasteiger charge is 2.23. The number of carbonyl (C=O) groups excluding carboxylic acids is 2. The molecule has 0 saturated heterocycles. The van der Waals surface area contributed by atoms with Crippen LogP contribution in [0.5, 0.6) is 0 Å². The molecule has 2 rings (SSSR count). The standard InChI is InChI=1S/C15H21N3O2S/c1-18(9-14(19)16-11-7-8-11)10-15(20)17-12-5-3-4-6-13(12)21-2/h3-6,11H,7-10H2,1-2H3,(H,16,19)(H,17,20). The first-order valence-corrected chi connectivity index (χ1v) is 8.21. The quantitative estimate of drug-likeness (QED) is 0.751. The Kier molecular flexibility index (Phi) is 5.64. The van der Waals surface area contributed by atoms with Gasteiger partial charge in [0.1, 0.15) is 0 Å². The second-order valence-electron chi connectivity index (χ2n) is 5.26. The molecule has 0 unspecified atom stereocenters. The van der Waals surface area contributed by atoms with Gasteiger partial charge in [0, 0.05) is 10.9 Å². The van der Waals surface area contributed by atoms with Crippen molar-refractivity contribution in [3.8, 4) is 0 Å². The first-order valence-electron chi connectivity index (χ1n) is 6.99. The number of para-hydroxylation sites is 1. The van der Waals surface area contributed by atoms with Crippen LogP contribution in [0.1, 0.15) is 12.8 Å². The largest absolute Gasteiger partial charge is 0.352 e. The second-order valence-corrected chi connectivity index (χ2v) is 6.11. The molecule has 0 spiro atoms. The first kappa shape index (κ1) is 15.9. The van der Waals surface area contributed by atoms with E-state index in [0.717, 1.165) is 23.4 Å². The van der Waals surface area contributed by atoms with Crippen LogP contribution in [-0.4, -0.2) is 49.1 Å². The van der Waals surface area contributed by atoms with Crippen LogP contribution in [0.25, 0.3) is 0 Å². The smallest absolute Gasteiger partial charge is 0.238 e. The van der Waals surface area contributed by atoms with E-state index in [1.807, 2.05) is 30.5 Å². The zero-order valence-electron chi connectivity index (χ0n) is 12.4. The van der Waals surface area contributed by atoms with Crippen LogP contribution in [0.3, 0.4) is 0 Å². The minimum Gasteiger partial charge on any atom is -0.352 e. The topological polar surface area (TPSA) is 61.4 Å². The summed E-state index contributed by atoms with van der Waals surface area (Å²) < 4.78 is 0. The highest BCUT2D eigenvalue weighted by Crippen LogP contribution is 2.24. The van der Waals surface area contributed by atoms with Crippen molar-refractivity contribution < 1.29 is 9.59 Å². The number of amides is 2. The molecule has 0 aliphatic heterocycles. The van der Waals surface area contributed by atoms with E-state index in [-0.39, 0.29) is 24.9 Å². The summed E-state index contributed by atoms with van der Waals surface area (Å²) in [7, 11) is 1.77. The van der Waals surface area contributed by atoms with Gasteiger partial charge in [-0.15, -0.1) is 11.8 Å². The molecule has 0 radical (unpaired) electrons. The van der Waals surface area contributed by atoms with Crippen LogP contribution >= 0.6 is 11.8 Å². The van der Waals surface area contributed by atoms with Crippen LogP contribution in [0.2, 0.25) is 0 Å². The van der Waals surface area contributed by atoms with E-state index in [2.05, 4.69) is 10.6 Å². The van der Waals surface area contributed by atoms with Crippen LogP contribution in [0, 0.1) is 0 Å². The minimum atomic E-state index is -0.113. The van der Waals surface area contributed by atoms with Gasteiger partial charge in [-0.3, -0.25) is 14.5 Å². The monoisotopic (exact) mass is 307 g/mol. The molecule has 1 saturated carbocycles. The van der Waals surface area contributed by atoms with Gasteiger partial charge in [0.25, 0.3) is 0 Å². The maximum absolute atomic E-state index is 12.0. The molecule has 1 aliphatic rings. The molecule has 0 heterocycles. The number of hydrogen-bond acceptors (Lipinski definition) is 4. The third-order valence-electron chi connectivity index (χ3n) is 3.15. The zero-order valence-corrected chi connectivity index (χ0v) is 13.2. The van der Waals surface area contributed by atoms with Crippen molar-refractivity contribution in [2.45, 2.75) is 23.8 Å². The Morgan fingerprint density at radius 2 is 1.90 bits per heavy atom. The Morgan fingerprint density at radius 1 is 1.24 bits per heavy atom. The Bertz CT molecular complexity index is 517. The summed E-state index contributed by atoms with van der Waals surface area (Å²) in [5.74, 6) is -0.129. The summed E-state index contributed by atoms with van der Waals surface area (Å²) in [6, 6.07) is 8.03. The fourth-order valence-corrected chi connectivity index (χ4v) is 2.54. The summed E-state index contributed by atoms with van der Waals surface area (Å²) in [6.07, 6.45) is 4.11. The van der Waals surface area contributed by atoms with E-state index in [1.165, 1.54) is 0 Å². The number of anilines is 1. The number of hydrogen-bond donors (Lipinski definition) is 2. The summed E-state index contributed by atoms with van der Waals surface area (Å²) in [5, 5.41) is 5.80. The van der Waals surface area contributed by atoms with Crippen molar-refractivity contribution in [3.05, 3.63) is 24.3 Å². The highest BCUT2D eigenvalue weighted by molar-refractivity contribution is 7.98. The molecule has 2 amide bonds. The van der Waals surface area contributed by atoms with E-state index >= 15 is 0 Å².